The summed E-state index contributed by atoms with van der Waals surface area (Å²) in [6, 6.07) is 29.6. The van der Waals surface area contributed by atoms with Crippen LogP contribution in [0.2, 0.25) is 0 Å². The molecule has 4 heteroatoms. The van der Waals surface area contributed by atoms with Crippen LogP contribution >= 0.6 is 0 Å². The maximum absolute atomic E-state index is 13.0. The molecule has 0 radical (unpaired) electrons. The van der Waals surface area contributed by atoms with E-state index < -0.39 is 0 Å². The van der Waals surface area contributed by atoms with Crippen LogP contribution in [0.1, 0.15) is 21.6 Å². The van der Waals surface area contributed by atoms with Crippen molar-refractivity contribution in [2.45, 2.75) is 13.5 Å². The largest absolute Gasteiger partial charge is 0.347 e. The molecule has 28 heavy (non-hydrogen) atoms. The number of aryl methyl sites for hydroxylation is 1. The van der Waals surface area contributed by atoms with Crippen molar-refractivity contribution in [2.24, 2.45) is 0 Å². The number of nitrogens with zero attached hydrogens (tertiary/aromatic N) is 2. The van der Waals surface area contributed by atoms with E-state index in [4.69, 9.17) is 5.10 Å². The van der Waals surface area contributed by atoms with Gasteiger partial charge in [0.05, 0.1) is 11.4 Å². The lowest BCUT2D eigenvalue weighted by Crippen LogP contribution is -2.25. The number of carbonyl (C=O) groups is 1. The fourth-order valence-corrected chi connectivity index (χ4v) is 3.12. The Balaban J connectivity index is 1.70. The number of benzene rings is 3. The third-order valence-electron chi connectivity index (χ3n) is 4.55. The van der Waals surface area contributed by atoms with Crippen molar-refractivity contribution in [1.82, 2.24) is 15.1 Å². The Bertz CT molecular complexity index is 1090. The van der Waals surface area contributed by atoms with E-state index in [1.807, 2.05) is 97.9 Å². The monoisotopic (exact) mass is 367 g/mol. The molecule has 1 N–H and O–H groups in total. The molecule has 138 valence electrons. The molecule has 0 aliphatic rings. The normalized spacial score (nSPS) is 10.6. The molecule has 1 aromatic heterocycles. The molecule has 4 aromatic rings. The zero-order valence-corrected chi connectivity index (χ0v) is 15.7. The lowest BCUT2D eigenvalue weighted by Gasteiger charge is -2.09. The molecule has 0 spiro atoms. The Morgan fingerprint density at radius 2 is 1.61 bits per heavy atom. The minimum Gasteiger partial charge on any atom is -0.347 e. The molecule has 4 nitrogen and oxygen atoms in total. The summed E-state index contributed by atoms with van der Waals surface area (Å²) in [5.74, 6) is -0.153. The number of carbonyl (C=O) groups excluding carboxylic acids is 1. The predicted octanol–water partition coefficient (Wildman–Crippen LogP) is 4.78. The van der Waals surface area contributed by atoms with Crippen molar-refractivity contribution in [3.63, 3.8) is 0 Å². The summed E-state index contributed by atoms with van der Waals surface area (Å²) in [4.78, 5) is 13.0. The fourth-order valence-electron chi connectivity index (χ4n) is 3.12. The van der Waals surface area contributed by atoms with E-state index >= 15 is 0 Å². The number of rotatable bonds is 5. The highest BCUT2D eigenvalue weighted by Gasteiger charge is 2.17. The molecule has 0 atom stereocenters. The van der Waals surface area contributed by atoms with E-state index in [-0.39, 0.29) is 5.91 Å². The van der Waals surface area contributed by atoms with Gasteiger partial charge in [-0.25, -0.2) is 4.68 Å². The van der Waals surface area contributed by atoms with Gasteiger partial charge < -0.3 is 5.32 Å². The smallest absolute Gasteiger partial charge is 0.270 e. The van der Waals surface area contributed by atoms with Crippen molar-refractivity contribution in [3.8, 4) is 16.9 Å². The molecule has 4 rings (SSSR count). The van der Waals surface area contributed by atoms with Crippen molar-refractivity contribution in [2.75, 3.05) is 0 Å². The molecule has 0 saturated heterocycles. The first-order valence-corrected chi connectivity index (χ1v) is 9.25. The van der Waals surface area contributed by atoms with Gasteiger partial charge in [0.25, 0.3) is 5.91 Å². The van der Waals surface area contributed by atoms with E-state index in [0.717, 1.165) is 28.1 Å². The van der Waals surface area contributed by atoms with Crippen LogP contribution in [-0.4, -0.2) is 15.7 Å². The van der Waals surface area contributed by atoms with E-state index in [1.165, 1.54) is 0 Å². The minimum atomic E-state index is -0.153. The second-order valence-electron chi connectivity index (χ2n) is 6.70. The number of amides is 1. The van der Waals surface area contributed by atoms with Crippen LogP contribution in [-0.2, 0) is 6.54 Å². The Hall–Kier alpha value is -3.66. The first kappa shape index (κ1) is 17.7. The van der Waals surface area contributed by atoms with Gasteiger partial charge in [0.2, 0.25) is 0 Å². The predicted molar refractivity (Wildman–Crippen MR) is 111 cm³/mol. The van der Waals surface area contributed by atoms with Gasteiger partial charge in [-0.2, -0.15) is 5.10 Å². The highest BCUT2D eigenvalue weighted by atomic mass is 16.2. The van der Waals surface area contributed by atoms with Crippen LogP contribution in [0.25, 0.3) is 16.9 Å². The van der Waals surface area contributed by atoms with Crippen LogP contribution < -0.4 is 5.32 Å². The van der Waals surface area contributed by atoms with E-state index in [0.29, 0.717) is 12.2 Å². The fraction of sp³-hybridized carbons (Fsp3) is 0.0833. The van der Waals surface area contributed by atoms with Crippen molar-refractivity contribution >= 4 is 5.91 Å². The molecule has 3 aromatic carbocycles. The van der Waals surface area contributed by atoms with Crippen LogP contribution in [0.3, 0.4) is 0 Å². The molecular weight excluding hydrogens is 346 g/mol. The third-order valence-corrected chi connectivity index (χ3v) is 4.55. The van der Waals surface area contributed by atoms with Crippen LogP contribution in [0.5, 0.6) is 0 Å². The summed E-state index contributed by atoms with van der Waals surface area (Å²) in [6.07, 6.45) is 0. The second kappa shape index (κ2) is 7.92. The molecule has 0 saturated carbocycles. The highest BCUT2D eigenvalue weighted by Crippen LogP contribution is 2.22. The Labute approximate surface area is 164 Å². The first-order valence-electron chi connectivity index (χ1n) is 9.25. The van der Waals surface area contributed by atoms with Crippen molar-refractivity contribution < 1.29 is 4.79 Å². The Kier molecular flexibility index (Phi) is 5.02. The minimum absolute atomic E-state index is 0.153. The Morgan fingerprint density at radius 3 is 2.32 bits per heavy atom. The average Bonchev–Trinajstić information content (AvgIpc) is 3.19. The summed E-state index contributed by atoms with van der Waals surface area (Å²) in [5, 5.41) is 7.73. The standard InChI is InChI=1S/C24H21N3O/c1-18-9-8-14-21(15-18)27-23(16-22(26-27)20-12-6-3-7-13-20)24(28)25-17-19-10-4-2-5-11-19/h2-16H,17H2,1H3,(H,25,28). The zero-order valence-electron chi connectivity index (χ0n) is 15.7. The molecular formula is C24H21N3O. The molecule has 1 amide bonds. The zero-order chi connectivity index (χ0) is 19.3. The molecule has 0 aliphatic carbocycles. The topological polar surface area (TPSA) is 46.9 Å². The lowest BCUT2D eigenvalue weighted by molar-refractivity contribution is 0.0943. The number of aromatic nitrogens is 2. The number of hydrogen-bond donors (Lipinski definition) is 1. The summed E-state index contributed by atoms with van der Waals surface area (Å²) in [7, 11) is 0. The van der Waals surface area contributed by atoms with Gasteiger partial charge in [-0.1, -0.05) is 72.8 Å². The van der Waals surface area contributed by atoms with Gasteiger partial charge in [-0.05, 0) is 36.2 Å². The molecule has 0 aliphatic heterocycles. The van der Waals surface area contributed by atoms with Gasteiger partial charge in [0, 0.05) is 12.1 Å². The van der Waals surface area contributed by atoms with E-state index in [1.54, 1.807) is 4.68 Å². The van der Waals surface area contributed by atoms with E-state index in [2.05, 4.69) is 5.32 Å². The number of hydrogen-bond acceptors (Lipinski definition) is 2. The van der Waals surface area contributed by atoms with Crippen LogP contribution in [0.15, 0.2) is 91.0 Å². The van der Waals surface area contributed by atoms with Gasteiger partial charge in [-0.15, -0.1) is 0 Å². The second-order valence-corrected chi connectivity index (χ2v) is 6.70. The van der Waals surface area contributed by atoms with Gasteiger partial charge >= 0.3 is 0 Å². The summed E-state index contributed by atoms with van der Waals surface area (Å²) < 4.78 is 1.72. The highest BCUT2D eigenvalue weighted by molar-refractivity contribution is 5.94. The van der Waals surface area contributed by atoms with Crippen LogP contribution in [0.4, 0.5) is 0 Å². The SMILES string of the molecule is Cc1cccc(-n2nc(-c3ccccc3)cc2C(=O)NCc2ccccc2)c1. The quantitative estimate of drug-likeness (QED) is 0.552. The van der Waals surface area contributed by atoms with Gasteiger partial charge in [0.1, 0.15) is 5.69 Å². The van der Waals surface area contributed by atoms with Gasteiger partial charge in [-0.3, -0.25) is 4.79 Å². The summed E-state index contributed by atoms with van der Waals surface area (Å²) >= 11 is 0. The molecule has 0 fully saturated rings. The first-order chi connectivity index (χ1) is 13.7. The summed E-state index contributed by atoms with van der Waals surface area (Å²) in [6.45, 7) is 2.50. The Morgan fingerprint density at radius 1 is 0.893 bits per heavy atom. The molecule has 0 bridgehead atoms. The van der Waals surface area contributed by atoms with Crippen molar-refractivity contribution in [3.05, 3.63) is 108 Å². The third kappa shape index (κ3) is 3.86. The lowest BCUT2D eigenvalue weighted by atomic mass is 10.1. The van der Waals surface area contributed by atoms with Crippen molar-refractivity contribution in [1.29, 1.82) is 0 Å². The maximum Gasteiger partial charge on any atom is 0.270 e. The molecule has 0 unspecified atom stereocenters. The average molecular weight is 367 g/mol. The van der Waals surface area contributed by atoms with Gasteiger partial charge in [0.15, 0.2) is 0 Å². The number of nitrogens with one attached hydrogen (secondary N) is 1. The maximum atomic E-state index is 13.0. The van der Waals surface area contributed by atoms with E-state index in [9.17, 15) is 4.79 Å². The molecule has 1 heterocycles. The van der Waals surface area contributed by atoms with Crippen LogP contribution in [0, 0.1) is 6.92 Å². The summed E-state index contributed by atoms with van der Waals surface area (Å²) in [5.41, 5.74) is 5.30.